The molecule has 3 aromatic heterocycles. The highest BCUT2D eigenvalue weighted by molar-refractivity contribution is 7.26. The zero-order valence-corrected chi connectivity index (χ0v) is 22.7. The fourth-order valence-corrected chi connectivity index (χ4v) is 7.83. The summed E-state index contributed by atoms with van der Waals surface area (Å²) in [6.45, 7) is 0. The molecule has 6 aromatic carbocycles. The van der Waals surface area contributed by atoms with Crippen LogP contribution in [0.1, 0.15) is 5.56 Å². The van der Waals surface area contributed by atoms with Gasteiger partial charge in [-0.3, -0.25) is 0 Å². The molecule has 0 saturated carbocycles. The Bertz CT molecular complexity index is 2550. The molecule has 0 aliphatic carbocycles. The summed E-state index contributed by atoms with van der Waals surface area (Å²) in [5.41, 5.74) is 7.56. The Hall–Kier alpha value is -5.37. The first-order valence-electron chi connectivity index (χ1n) is 13.7. The third kappa shape index (κ3) is 3.07. The van der Waals surface area contributed by atoms with Crippen LogP contribution in [-0.2, 0) is 0 Å². The normalized spacial score (nSPS) is 11.9. The van der Waals surface area contributed by atoms with Crippen molar-refractivity contribution in [3.63, 3.8) is 0 Å². The largest absolute Gasteiger partial charge is 0.309 e. The molecule has 0 aliphatic rings. The second-order valence-electron chi connectivity index (χ2n) is 10.5. The van der Waals surface area contributed by atoms with Crippen LogP contribution in [0.3, 0.4) is 0 Å². The van der Waals surface area contributed by atoms with E-state index in [1.165, 1.54) is 42.0 Å². The van der Waals surface area contributed by atoms with Crippen LogP contribution in [-0.4, -0.2) is 9.13 Å². The highest BCUT2D eigenvalue weighted by Gasteiger charge is 2.19. The predicted octanol–water partition coefficient (Wildman–Crippen LogP) is 10.1. The summed E-state index contributed by atoms with van der Waals surface area (Å²) in [5, 5.41) is 16.9. The van der Waals surface area contributed by atoms with E-state index in [4.69, 9.17) is 0 Å². The van der Waals surface area contributed by atoms with Crippen molar-refractivity contribution < 1.29 is 0 Å². The van der Waals surface area contributed by atoms with Gasteiger partial charge in [0.2, 0.25) is 0 Å². The minimum Gasteiger partial charge on any atom is -0.309 e. The fourth-order valence-electron chi connectivity index (χ4n) is 6.59. The first-order chi connectivity index (χ1) is 20.3. The van der Waals surface area contributed by atoms with Gasteiger partial charge in [-0.25, -0.2) is 0 Å². The summed E-state index contributed by atoms with van der Waals surface area (Å²) in [7, 11) is 0. The van der Waals surface area contributed by atoms with E-state index in [1.807, 2.05) is 23.5 Å². The molecule has 0 amide bonds. The van der Waals surface area contributed by atoms with Gasteiger partial charge in [-0.15, -0.1) is 11.3 Å². The van der Waals surface area contributed by atoms with Crippen molar-refractivity contribution in [1.82, 2.24) is 9.13 Å². The third-order valence-electron chi connectivity index (χ3n) is 8.33. The van der Waals surface area contributed by atoms with E-state index in [-0.39, 0.29) is 0 Å². The molecule has 0 unspecified atom stereocenters. The van der Waals surface area contributed by atoms with Gasteiger partial charge in [-0.1, -0.05) is 72.8 Å². The average Bonchev–Trinajstić information content (AvgIpc) is 3.68. The lowest BCUT2D eigenvalue weighted by atomic mass is 10.1. The van der Waals surface area contributed by atoms with Gasteiger partial charge in [0.05, 0.1) is 38.4 Å². The standard InChI is InChI=1S/C37H21N3S/c38-22-23-16-19-34-31(20-23)27-11-2-4-13-32(27)39(34)24-8-7-9-25(21-24)40-33-14-5-1-10-26(33)29-17-18-30-28-12-3-6-15-35(28)41-37(30)36(29)40/h1-21H. The lowest BCUT2D eigenvalue weighted by Crippen LogP contribution is -1.98. The predicted molar refractivity (Wildman–Crippen MR) is 173 cm³/mol. The molecule has 190 valence electrons. The van der Waals surface area contributed by atoms with Crippen molar-refractivity contribution in [2.45, 2.75) is 0 Å². The first-order valence-corrected chi connectivity index (χ1v) is 14.5. The molecule has 0 N–H and O–H groups in total. The summed E-state index contributed by atoms with van der Waals surface area (Å²) in [6, 6.07) is 47.6. The number of aromatic nitrogens is 2. The van der Waals surface area contributed by atoms with Crippen molar-refractivity contribution in [3.8, 4) is 17.4 Å². The van der Waals surface area contributed by atoms with Crippen molar-refractivity contribution in [2.75, 3.05) is 0 Å². The molecule has 9 rings (SSSR count). The van der Waals surface area contributed by atoms with Crippen molar-refractivity contribution in [2.24, 2.45) is 0 Å². The molecule has 3 nitrogen and oxygen atoms in total. The van der Waals surface area contributed by atoms with Crippen LogP contribution in [0.2, 0.25) is 0 Å². The molecule has 4 heteroatoms. The van der Waals surface area contributed by atoms with Gasteiger partial charge in [0.25, 0.3) is 0 Å². The number of benzene rings is 6. The van der Waals surface area contributed by atoms with E-state index in [0.717, 1.165) is 33.2 Å². The van der Waals surface area contributed by atoms with Crippen LogP contribution in [0.5, 0.6) is 0 Å². The number of rotatable bonds is 2. The van der Waals surface area contributed by atoms with Crippen LogP contribution in [0.4, 0.5) is 0 Å². The number of nitriles is 1. The minimum atomic E-state index is 0.673. The second kappa shape index (κ2) is 8.32. The maximum Gasteiger partial charge on any atom is 0.0991 e. The van der Waals surface area contributed by atoms with Gasteiger partial charge in [0, 0.05) is 48.4 Å². The lowest BCUT2D eigenvalue weighted by molar-refractivity contribution is 1.14. The number of hydrogen-bond donors (Lipinski definition) is 0. The Balaban J connectivity index is 1.38. The monoisotopic (exact) mass is 539 g/mol. The Morgan fingerprint density at radius 1 is 0.488 bits per heavy atom. The van der Waals surface area contributed by atoms with Crippen LogP contribution in [0.25, 0.3) is 75.2 Å². The highest BCUT2D eigenvalue weighted by atomic mass is 32.1. The van der Waals surface area contributed by atoms with Gasteiger partial charge in [0.15, 0.2) is 0 Å². The zero-order chi connectivity index (χ0) is 27.1. The molecule has 0 aliphatic heterocycles. The van der Waals surface area contributed by atoms with Crippen molar-refractivity contribution >= 4 is 75.1 Å². The molecule has 0 saturated heterocycles. The van der Waals surface area contributed by atoms with E-state index < -0.39 is 0 Å². The Morgan fingerprint density at radius 2 is 1.12 bits per heavy atom. The molecular formula is C37H21N3S. The SMILES string of the molecule is N#Cc1ccc2c(c1)c1ccccc1n2-c1cccc(-n2c3ccccc3c3ccc4c5ccccc5sc4c32)c1. The first kappa shape index (κ1) is 22.4. The maximum atomic E-state index is 9.57. The Labute approximate surface area is 239 Å². The summed E-state index contributed by atoms with van der Waals surface area (Å²) < 4.78 is 7.37. The molecule has 0 atom stereocenters. The molecule has 0 bridgehead atoms. The zero-order valence-electron chi connectivity index (χ0n) is 21.9. The van der Waals surface area contributed by atoms with E-state index in [2.05, 4.69) is 130 Å². The summed E-state index contributed by atoms with van der Waals surface area (Å²) >= 11 is 1.87. The van der Waals surface area contributed by atoms with E-state index >= 15 is 0 Å². The maximum absolute atomic E-state index is 9.57. The quantitative estimate of drug-likeness (QED) is 0.215. The topological polar surface area (TPSA) is 33.6 Å². The van der Waals surface area contributed by atoms with Crippen LogP contribution in [0, 0.1) is 11.3 Å². The number of nitrogens with zero attached hydrogens (tertiary/aromatic N) is 3. The van der Waals surface area contributed by atoms with Crippen LogP contribution in [0.15, 0.2) is 127 Å². The minimum absolute atomic E-state index is 0.673. The summed E-state index contributed by atoms with van der Waals surface area (Å²) in [4.78, 5) is 0. The summed E-state index contributed by atoms with van der Waals surface area (Å²) in [6.07, 6.45) is 0. The molecule has 41 heavy (non-hydrogen) atoms. The van der Waals surface area contributed by atoms with Crippen LogP contribution < -0.4 is 0 Å². The Kier molecular flexibility index (Phi) is 4.55. The summed E-state index contributed by atoms with van der Waals surface area (Å²) in [5.74, 6) is 0. The highest BCUT2D eigenvalue weighted by Crippen LogP contribution is 2.43. The molecule has 0 spiro atoms. The van der Waals surface area contributed by atoms with E-state index in [1.54, 1.807) is 0 Å². The fraction of sp³-hybridized carbons (Fsp3) is 0. The average molecular weight is 540 g/mol. The number of fused-ring (bicyclic) bond motifs is 10. The number of hydrogen-bond acceptors (Lipinski definition) is 2. The van der Waals surface area contributed by atoms with Crippen LogP contribution >= 0.6 is 11.3 Å². The van der Waals surface area contributed by atoms with E-state index in [9.17, 15) is 5.26 Å². The van der Waals surface area contributed by atoms with Crippen molar-refractivity contribution in [1.29, 1.82) is 5.26 Å². The smallest absolute Gasteiger partial charge is 0.0991 e. The Morgan fingerprint density at radius 3 is 1.93 bits per heavy atom. The number of para-hydroxylation sites is 2. The van der Waals surface area contributed by atoms with Gasteiger partial charge < -0.3 is 9.13 Å². The van der Waals surface area contributed by atoms with Crippen molar-refractivity contribution in [3.05, 3.63) is 133 Å². The molecule has 3 heterocycles. The van der Waals surface area contributed by atoms with Gasteiger partial charge in [0.1, 0.15) is 0 Å². The van der Waals surface area contributed by atoms with Gasteiger partial charge in [-0.05, 0) is 54.6 Å². The van der Waals surface area contributed by atoms with E-state index in [0.29, 0.717) is 5.56 Å². The van der Waals surface area contributed by atoms with Gasteiger partial charge >= 0.3 is 0 Å². The lowest BCUT2D eigenvalue weighted by Gasteiger charge is -2.13. The molecule has 0 fully saturated rings. The van der Waals surface area contributed by atoms with Gasteiger partial charge in [-0.2, -0.15) is 5.26 Å². The molecule has 0 radical (unpaired) electrons. The second-order valence-corrected chi connectivity index (χ2v) is 11.6. The molecule has 9 aromatic rings. The molecular weight excluding hydrogens is 518 g/mol. The third-order valence-corrected chi connectivity index (χ3v) is 9.52. The number of thiophene rings is 1.